The topological polar surface area (TPSA) is 20.2 Å². The molecule has 0 bridgehead atoms. The van der Waals surface area contributed by atoms with Crippen molar-refractivity contribution in [3.63, 3.8) is 0 Å². The Balaban J connectivity index is 2.79. The maximum absolute atomic E-state index is 10.2. The van der Waals surface area contributed by atoms with E-state index in [9.17, 15) is 5.11 Å². The van der Waals surface area contributed by atoms with Gasteiger partial charge in [0.2, 0.25) is 0 Å². The van der Waals surface area contributed by atoms with Crippen LogP contribution in [-0.4, -0.2) is 17.0 Å². The average molecular weight is 262 g/mol. The van der Waals surface area contributed by atoms with E-state index in [1.165, 1.54) is 4.90 Å². The number of aliphatic hydroxyl groups is 1. The molecular weight excluding hydrogens is 240 g/mol. The lowest BCUT2D eigenvalue weighted by atomic mass is 9.92. The fraction of sp³-hybridized carbons (Fsp3) is 0.500. The monoisotopic (exact) mass is 262 g/mol. The Labute approximate surface area is 115 Å². The summed E-state index contributed by atoms with van der Waals surface area (Å²) >= 11 is 1.70. The van der Waals surface area contributed by atoms with Crippen LogP contribution < -0.4 is 0 Å². The smallest absolute Gasteiger partial charge is 0.123 e. The Morgan fingerprint density at radius 2 is 2.17 bits per heavy atom. The third-order valence-corrected chi connectivity index (χ3v) is 3.71. The van der Waals surface area contributed by atoms with Crippen LogP contribution >= 0.6 is 11.8 Å². The number of hydrogen-bond acceptors (Lipinski definition) is 2. The molecule has 0 saturated heterocycles. The molecule has 0 heterocycles. The molecule has 1 aromatic carbocycles. The summed E-state index contributed by atoms with van der Waals surface area (Å²) in [4.78, 5) is 1.20. The molecule has 1 nitrogen and oxygen atoms in total. The first-order valence-corrected chi connectivity index (χ1v) is 7.59. The zero-order chi connectivity index (χ0) is 13.6. The summed E-state index contributed by atoms with van der Waals surface area (Å²) in [6.45, 7) is 6.07. The van der Waals surface area contributed by atoms with Crippen molar-refractivity contribution in [1.82, 2.24) is 0 Å². The Morgan fingerprint density at radius 3 is 2.78 bits per heavy atom. The first kappa shape index (κ1) is 15.1. The quantitative estimate of drug-likeness (QED) is 0.655. The predicted molar refractivity (Wildman–Crippen MR) is 79.8 cm³/mol. The van der Waals surface area contributed by atoms with Crippen LogP contribution in [0.15, 0.2) is 29.2 Å². The van der Waals surface area contributed by atoms with Crippen molar-refractivity contribution in [3.05, 3.63) is 29.8 Å². The molecule has 0 saturated carbocycles. The van der Waals surface area contributed by atoms with Gasteiger partial charge in [0, 0.05) is 10.5 Å². The van der Waals surface area contributed by atoms with Crippen molar-refractivity contribution >= 4 is 11.8 Å². The van der Waals surface area contributed by atoms with Crippen molar-refractivity contribution in [3.8, 4) is 11.8 Å². The van der Waals surface area contributed by atoms with Crippen molar-refractivity contribution < 1.29 is 5.11 Å². The Bertz CT molecular complexity index is 440. The first-order chi connectivity index (χ1) is 8.46. The Kier molecular flexibility index (Phi) is 5.78. The molecule has 18 heavy (non-hydrogen) atoms. The van der Waals surface area contributed by atoms with Gasteiger partial charge in [0.1, 0.15) is 5.60 Å². The standard InChI is InChI=1S/C16H22OS/c1-5-13(2)12-16(3,17)10-9-14-7-6-8-15(11-14)18-4/h6-8,11,13,17H,5,12H2,1-4H3. The number of benzene rings is 1. The molecule has 0 aliphatic heterocycles. The van der Waals surface area contributed by atoms with Crippen LogP contribution in [0.3, 0.4) is 0 Å². The lowest BCUT2D eigenvalue weighted by molar-refractivity contribution is 0.0939. The lowest BCUT2D eigenvalue weighted by Crippen LogP contribution is -2.24. The van der Waals surface area contributed by atoms with Crippen LogP contribution in [0.25, 0.3) is 0 Å². The molecule has 1 N–H and O–H groups in total. The second kappa shape index (κ2) is 6.87. The fourth-order valence-electron chi connectivity index (χ4n) is 1.78. The summed E-state index contributed by atoms with van der Waals surface area (Å²) in [6, 6.07) is 8.09. The van der Waals surface area contributed by atoms with Crippen molar-refractivity contribution in [2.24, 2.45) is 5.92 Å². The third-order valence-electron chi connectivity index (χ3n) is 2.99. The van der Waals surface area contributed by atoms with E-state index in [-0.39, 0.29) is 0 Å². The SMILES string of the molecule is CCC(C)CC(C)(O)C#Cc1cccc(SC)c1. The van der Waals surface area contributed by atoms with Gasteiger partial charge >= 0.3 is 0 Å². The first-order valence-electron chi connectivity index (χ1n) is 6.36. The molecule has 2 unspecified atom stereocenters. The van der Waals surface area contributed by atoms with Gasteiger partial charge in [0.05, 0.1) is 0 Å². The molecule has 0 aromatic heterocycles. The summed E-state index contributed by atoms with van der Waals surface area (Å²) in [5.41, 5.74) is 0.0661. The molecule has 0 fully saturated rings. The highest BCUT2D eigenvalue weighted by molar-refractivity contribution is 7.98. The number of rotatable bonds is 4. The fourth-order valence-corrected chi connectivity index (χ4v) is 2.24. The molecule has 0 aliphatic carbocycles. The van der Waals surface area contributed by atoms with Crippen LogP contribution in [0.1, 0.15) is 39.2 Å². The second-order valence-corrected chi connectivity index (χ2v) is 5.85. The Hall–Kier alpha value is -0.910. The largest absolute Gasteiger partial charge is 0.378 e. The van der Waals surface area contributed by atoms with Crippen molar-refractivity contribution in [1.29, 1.82) is 0 Å². The molecule has 0 radical (unpaired) electrons. The van der Waals surface area contributed by atoms with E-state index in [1.54, 1.807) is 18.7 Å². The molecule has 0 amide bonds. The molecule has 2 atom stereocenters. The highest BCUT2D eigenvalue weighted by Gasteiger charge is 2.19. The van der Waals surface area contributed by atoms with E-state index in [2.05, 4.69) is 37.8 Å². The minimum atomic E-state index is -0.898. The second-order valence-electron chi connectivity index (χ2n) is 4.97. The molecule has 0 spiro atoms. The molecular formula is C16H22OS. The highest BCUT2D eigenvalue weighted by atomic mass is 32.2. The van der Waals surface area contributed by atoms with E-state index in [1.807, 2.05) is 18.4 Å². The zero-order valence-corrected chi connectivity index (χ0v) is 12.5. The maximum Gasteiger partial charge on any atom is 0.123 e. The third kappa shape index (κ3) is 5.16. The van der Waals surface area contributed by atoms with Gasteiger partial charge in [0.25, 0.3) is 0 Å². The highest BCUT2D eigenvalue weighted by Crippen LogP contribution is 2.19. The molecule has 1 rings (SSSR count). The minimum Gasteiger partial charge on any atom is -0.378 e. The van der Waals surface area contributed by atoms with Crippen molar-refractivity contribution in [2.45, 2.75) is 44.1 Å². The molecule has 0 aliphatic rings. The summed E-state index contributed by atoms with van der Waals surface area (Å²) in [7, 11) is 0. The normalized spacial score (nSPS) is 15.4. The Morgan fingerprint density at radius 1 is 1.44 bits per heavy atom. The molecule has 98 valence electrons. The van der Waals surface area contributed by atoms with Gasteiger partial charge < -0.3 is 5.11 Å². The zero-order valence-electron chi connectivity index (χ0n) is 11.7. The van der Waals surface area contributed by atoms with Gasteiger partial charge in [0.15, 0.2) is 0 Å². The van der Waals surface area contributed by atoms with Gasteiger partial charge in [-0.05, 0) is 43.7 Å². The van der Waals surface area contributed by atoms with E-state index < -0.39 is 5.60 Å². The minimum absolute atomic E-state index is 0.492. The number of hydrogen-bond donors (Lipinski definition) is 1. The van der Waals surface area contributed by atoms with Crippen molar-refractivity contribution in [2.75, 3.05) is 6.26 Å². The molecule has 2 heteroatoms. The van der Waals surface area contributed by atoms with E-state index in [4.69, 9.17) is 0 Å². The lowest BCUT2D eigenvalue weighted by Gasteiger charge is -2.20. The summed E-state index contributed by atoms with van der Waals surface area (Å²) in [5.74, 6) is 6.56. The van der Waals surface area contributed by atoms with E-state index in [0.29, 0.717) is 5.92 Å². The van der Waals surface area contributed by atoms with Gasteiger partial charge in [-0.1, -0.05) is 38.2 Å². The average Bonchev–Trinajstić information content (AvgIpc) is 2.36. The van der Waals surface area contributed by atoms with Gasteiger partial charge in [-0.3, -0.25) is 0 Å². The number of thioether (sulfide) groups is 1. The summed E-state index contributed by atoms with van der Waals surface area (Å²) in [5, 5.41) is 10.2. The van der Waals surface area contributed by atoms with Crippen LogP contribution in [0.5, 0.6) is 0 Å². The predicted octanol–water partition coefficient (Wildman–Crippen LogP) is 3.95. The van der Waals surface area contributed by atoms with E-state index in [0.717, 1.165) is 18.4 Å². The van der Waals surface area contributed by atoms with Crippen LogP contribution in [0.4, 0.5) is 0 Å². The maximum atomic E-state index is 10.2. The summed E-state index contributed by atoms with van der Waals surface area (Å²) in [6.07, 6.45) is 3.84. The summed E-state index contributed by atoms with van der Waals surface area (Å²) < 4.78 is 0. The van der Waals surface area contributed by atoms with Crippen LogP contribution in [0, 0.1) is 17.8 Å². The van der Waals surface area contributed by atoms with Crippen LogP contribution in [-0.2, 0) is 0 Å². The van der Waals surface area contributed by atoms with Gasteiger partial charge in [-0.15, -0.1) is 11.8 Å². The van der Waals surface area contributed by atoms with Gasteiger partial charge in [-0.25, -0.2) is 0 Å². The van der Waals surface area contributed by atoms with E-state index >= 15 is 0 Å². The van der Waals surface area contributed by atoms with Crippen LogP contribution in [0.2, 0.25) is 0 Å². The molecule has 1 aromatic rings. The van der Waals surface area contributed by atoms with Gasteiger partial charge in [-0.2, -0.15) is 0 Å².